The van der Waals surface area contributed by atoms with Gasteiger partial charge in [-0.2, -0.15) is 0 Å². The molecular formula is C22H29N5O2S. The molecule has 2 aliphatic heterocycles. The van der Waals surface area contributed by atoms with Gasteiger partial charge in [0.05, 0.1) is 5.92 Å². The van der Waals surface area contributed by atoms with E-state index in [9.17, 15) is 9.59 Å². The molecule has 0 unspecified atom stereocenters. The first kappa shape index (κ1) is 20.8. The van der Waals surface area contributed by atoms with E-state index in [1.807, 2.05) is 18.2 Å². The highest BCUT2D eigenvalue weighted by atomic mass is 32.1. The molecule has 4 rings (SSSR count). The Morgan fingerprint density at radius 1 is 1.20 bits per heavy atom. The molecule has 0 bridgehead atoms. The smallest absolute Gasteiger partial charge is 0.228 e. The van der Waals surface area contributed by atoms with Crippen LogP contribution in [0.1, 0.15) is 44.6 Å². The maximum Gasteiger partial charge on any atom is 0.228 e. The number of nitrogens with one attached hydrogen (secondary N) is 1. The molecule has 1 aromatic carbocycles. The molecule has 2 aliphatic rings. The standard InChI is InChI=1S/C22H29N5O2S/c1-16(11-12-17-7-3-2-4-8-17)23-20(29)18-9-5-13-26(15-18)21-24-25-22(30-21)27-14-6-10-19(27)28/h2-4,7-8,16,18H,5-6,9-15H2,1H3,(H,23,29)/t16-,18+/m0/s1. The first-order valence-corrected chi connectivity index (χ1v) is 11.6. The molecule has 0 spiro atoms. The minimum atomic E-state index is -0.0429. The Hall–Kier alpha value is -2.48. The quantitative estimate of drug-likeness (QED) is 0.735. The predicted molar refractivity (Wildman–Crippen MR) is 119 cm³/mol. The largest absolute Gasteiger partial charge is 0.353 e. The van der Waals surface area contributed by atoms with Crippen molar-refractivity contribution in [3.05, 3.63) is 35.9 Å². The zero-order valence-corrected chi connectivity index (χ0v) is 18.2. The molecular weight excluding hydrogens is 398 g/mol. The first-order valence-electron chi connectivity index (χ1n) is 10.8. The van der Waals surface area contributed by atoms with E-state index >= 15 is 0 Å². The monoisotopic (exact) mass is 427 g/mol. The number of rotatable bonds is 7. The third-order valence-electron chi connectivity index (χ3n) is 5.87. The molecule has 30 heavy (non-hydrogen) atoms. The van der Waals surface area contributed by atoms with E-state index in [0.717, 1.165) is 50.3 Å². The van der Waals surface area contributed by atoms with Crippen molar-refractivity contribution in [1.82, 2.24) is 15.5 Å². The van der Waals surface area contributed by atoms with Gasteiger partial charge in [0.1, 0.15) is 0 Å². The summed E-state index contributed by atoms with van der Waals surface area (Å²) in [6.07, 6.45) is 5.20. The van der Waals surface area contributed by atoms with Crippen LogP contribution in [0.25, 0.3) is 0 Å². The Balaban J connectivity index is 1.29. The Labute approximate surface area is 181 Å². The van der Waals surface area contributed by atoms with Gasteiger partial charge in [-0.25, -0.2) is 0 Å². The average molecular weight is 428 g/mol. The van der Waals surface area contributed by atoms with Crippen molar-refractivity contribution in [3.8, 4) is 0 Å². The van der Waals surface area contributed by atoms with Crippen LogP contribution >= 0.6 is 11.3 Å². The van der Waals surface area contributed by atoms with Gasteiger partial charge in [-0.3, -0.25) is 14.5 Å². The molecule has 160 valence electrons. The number of carbonyl (C=O) groups is 2. The molecule has 1 N–H and O–H groups in total. The average Bonchev–Trinajstić information content (AvgIpc) is 3.42. The summed E-state index contributed by atoms with van der Waals surface area (Å²) >= 11 is 1.45. The number of aryl methyl sites for hydroxylation is 1. The fourth-order valence-electron chi connectivity index (χ4n) is 4.12. The number of anilines is 2. The summed E-state index contributed by atoms with van der Waals surface area (Å²) in [5, 5.41) is 13.2. The van der Waals surface area contributed by atoms with Crippen LogP contribution in [0.4, 0.5) is 10.3 Å². The second kappa shape index (κ2) is 9.55. The number of piperidine rings is 1. The minimum absolute atomic E-state index is 0.0429. The second-order valence-electron chi connectivity index (χ2n) is 8.24. The normalized spacial score (nSPS) is 20.4. The lowest BCUT2D eigenvalue weighted by Gasteiger charge is -2.32. The molecule has 2 amide bonds. The Bertz CT molecular complexity index is 871. The zero-order valence-electron chi connectivity index (χ0n) is 17.4. The highest BCUT2D eigenvalue weighted by Crippen LogP contribution is 2.32. The van der Waals surface area contributed by atoms with Crippen LogP contribution in [0.2, 0.25) is 0 Å². The maximum absolute atomic E-state index is 12.8. The summed E-state index contributed by atoms with van der Waals surface area (Å²) in [6, 6.07) is 10.5. The van der Waals surface area contributed by atoms with Gasteiger partial charge in [0, 0.05) is 32.1 Å². The van der Waals surface area contributed by atoms with Gasteiger partial charge in [-0.1, -0.05) is 41.7 Å². The zero-order chi connectivity index (χ0) is 20.9. The number of aromatic nitrogens is 2. The molecule has 0 saturated carbocycles. The summed E-state index contributed by atoms with van der Waals surface area (Å²) < 4.78 is 0. The third kappa shape index (κ3) is 4.98. The highest BCUT2D eigenvalue weighted by Gasteiger charge is 2.30. The fraction of sp³-hybridized carbons (Fsp3) is 0.545. The van der Waals surface area contributed by atoms with Crippen molar-refractivity contribution in [3.63, 3.8) is 0 Å². The highest BCUT2D eigenvalue weighted by molar-refractivity contribution is 7.19. The molecule has 2 saturated heterocycles. The van der Waals surface area contributed by atoms with E-state index < -0.39 is 0 Å². The van der Waals surface area contributed by atoms with Gasteiger partial charge in [0.15, 0.2) is 0 Å². The van der Waals surface area contributed by atoms with Gasteiger partial charge in [0.25, 0.3) is 0 Å². The van der Waals surface area contributed by atoms with Gasteiger partial charge < -0.3 is 10.2 Å². The van der Waals surface area contributed by atoms with Crippen LogP contribution in [-0.2, 0) is 16.0 Å². The summed E-state index contributed by atoms with van der Waals surface area (Å²) in [5.41, 5.74) is 1.30. The predicted octanol–water partition coefficient (Wildman–Crippen LogP) is 3.02. The molecule has 8 heteroatoms. The lowest BCUT2D eigenvalue weighted by Crippen LogP contribution is -2.45. The summed E-state index contributed by atoms with van der Waals surface area (Å²) in [4.78, 5) is 28.6. The van der Waals surface area contributed by atoms with E-state index in [4.69, 9.17) is 0 Å². The molecule has 1 aromatic heterocycles. The van der Waals surface area contributed by atoms with Crippen molar-refractivity contribution >= 4 is 33.4 Å². The van der Waals surface area contributed by atoms with E-state index in [-0.39, 0.29) is 23.8 Å². The van der Waals surface area contributed by atoms with Crippen molar-refractivity contribution in [1.29, 1.82) is 0 Å². The van der Waals surface area contributed by atoms with Gasteiger partial charge in [-0.05, 0) is 44.6 Å². The number of nitrogens with zero attached hydrogens (tertiary/aromatic N) is 4. The number of hydrogen-bond acceptors (Lipinski definition) is 6. The first-order chi connectivity index (χ1) is 14.6. The summed E-state index contributed by atoms with van der Waals surface area (Å²) in [6.45, 7) is 4.32. The second-order valence-corrected chi connectivity index (χ2v) is 9.17. The van der Waals surface area contributed by atoms with Crippen molar-refractivity contribution in [2.45, 2.75) is 51.5 Å². The Morgan fingerprint density at radius 2 is 2.00 bits per heavy atom. The van der Waals surface area contributed by atoms with Crippen LogP contribution in [0.15, 0.2) is 30.3 Å². The van der Waals surface area contributed by atoms with E-state index in [0.29, 0.717) is 18.1 Å². The number of amides is 2. The van der Waals surface area contributed by atoms with Gasteiger partial charge >= 0.3 is 0 Å². The SMILES string of the molecule is C[C@@H](CCc1ccccc1)NC(=O)[C@@H]1CCCN(c2nnc(N3CCCC3=O)s2)C1. The Kier molecular flexibility index (Phi) is 6.62. The number of benzene rings is 1. The number of carbonyl (C=O) groups excluding carboxylic acids is 2. The van der Waals surface area contributed by atoms with Crippen molar-refractivity contribution in [2.24, 2.45) is 5.92 Å². The van der Waals surface area contributed by atoms with Gasteiger partial charge in [-0.15, -0.1) is 10.2 Å². The molecule has 3 heterocycles. The van der Waals surface area contributed by atoms with E-state index in [1.165, 1.54) is 16.9 Å². The van der Waals surface area contributed by atoms with Crippen LogP contribution in [-0.4, -0.2) is 47.7 Å². The maximum atomic E-state index is 12.8. The van der Waals surface area contributed by atoms with Crippen LogP contribution in [0.5, 0.6) is 0 Å². The fourth-order valence-corrected chi connectivity index (χ4v) is 5.05. The van der Waals surface area contributed by atoms with Crippen LogP contribution in [0, 0.1) is 5.92 Å². The molecule has 0 aliphatic carbocycles. The molecule has 2 aromatic rings. The molecule has 7 nitrogen and oxygen atoms in total. The van der Waals surface area contributed by atoms with Crippen molar-refractivity contribution in [2.75, 3.05) is 29.4 Å². The Morgan fingerprint density at radius 3 is 2.77 bits per heavy atom. The molecule has 2 atom stereocenters. The number of hydrogen-bond donors (Lipinski definition) is 1. The lowest BCUT2D eigenvalue weighted by molar-refractivity contribution is -0.126. The van der Waals surface area contributed by atoms with Gasteiger partial charge in [0.2, 0.25) is 22.1 Å². The third-order valence-corrected chi connectivity index (χ3v) is 6.88. The minimum Gasteiger partial charge on any atom is -0.353 e. The molecule has 2 fully saturated rings. The lowest BCUT2D eigenvalue weighted by atomic mass is 9.96. The van der Waals surface area contributed by atoms with E-state index in [1.54, 1.807) is 4.90 Å². The van der Waals surface area contributed by atoms with Crippen molar-refractivity contribution < 1.29 is 9.59 Å². The molecule has 0 radical (unpaired) electrons. The summed E-state index contributed by atoms with van der Waals surface area (Å²) in [5.74, 6) is 0.205. The van der Waals surface area contributed by atoms with Crippen LogP contribution < -0.4 is 15.1 Å². The topological polar surface area (TPSA) is 78.4 Å². The van der Waals surface area contributed by atoms with E-state index in [2.05, 4.69) is 39.5 Å². The summed E-state index contributed by atoms with van der Waals surface area (Å²) in [7, 11) is 0. The van der Waals surface area contributed by atoms with Crippen LogP contribution in [0.3, 0.4) is 0 Å².